The summed E-state index contributed by atoms with van der Waals surface area (Å²) in [6.07, 6.45) is -1.69. The van der Waals surface area contributed by atoms with Gasteiger partial charge in [0, 0.05) is 13.0 Å². The second kappa shape index (κ2) is 7.92. The van der Waals surface area contributed by atoms with Gasteiger partial charge in [0.15, 0.2) is 6.17 Å². The molecule has 3 rings (SSSR count). The second-order valence-corrected chi connectivity index (χ2v) is 7.73. The minimum atomic E-state index is -4.14. The first-order chi connectivity index (χ1) is 13.3. The average molecular weight is 409 g/mol. The van der Waals surface area contributed by atoms with Crippen LogP contribution in [0.25, 0.3) is 0 Å². The lowest BCUT2D eigenvalue weighted by Crippen LogP contribution is -2.61. The van der Waals surface area contributed by atoms with Crippen LogP contribution in [0.5, 0.6) is 11.5 Å². The fraction of sp³-hybridized carbons (Fsp3) is 0.176. The lowest BCUT2D eigenvalue weighted by atomic mass is 10.3. The van der Waals surface area contributed by atoms with Crippen molar-refractivity contribution >= 4 is 21.8 Å². The van der Waals surface area contributed by atoms with Gasteiger partial charge in [-0.2, -0.15) is 4.31 Å². The minimum absolute atomic E-state index is 0.125. The van der Waals surface area contributed by atoms with Crippen molar-refractivity contribution in [2.45, 2.75) is 17.5 Å². The van der Waals surface area contributed by atoms with Gasteiger partial charge in [-0.15, -0.1) is 0 Å². The quantitative estimate of drug-likeness (QED) is 0.499. The van der Waals surface area contributed by atoms with Crippen molar-refractivity contribution in [3.8, 4) is 11.5 Å². The maximum Gasteiger partial charge on any atom is 0.282 e. The van der Waals surface area contributed by atoms with Gasteiger partial charge in [0.25, 0.3) is 5.91 Å². The van der Waals surface area contributed by atoms with Crippen LogP contribution < -0.4 is 15.5 Å². The van der Waals surface area contributed by atoms with Gasteiger partial charge >= 0.3 is 0 Å². The van der Waals surface area contributed by atoms with Gasteiger partial charge in [0.2, 0.25) is 15.9 Å². The Morgan fingerprint density at radius 2 is 1.71 bits per heavy atom. The van der Waals surface area contributed by atoms with E-state index < -0.39 is 33.8 Å². The van der Waals surface area contributed by atoms with E-state index in [1.54, 1.807) is 0 Å². The van der Waals surface area contributed by atoms with Crippen LogP contribution >= 0.6 is 0 Å². The zero-order chi connectivity index (χ0) is 20.3. The van der Waals surface area contributed by atoms with Crippen LogP contribution in [0.15, 0.2) is 53.4 Å². The van der Waals surface area contributed by atoms with E-state index in [1.165, 1.54) is 54.0 Å². The third-order valence-corrected chi connectivity index (χ3v) is 5.86. The zero-order valence-electron chi connectivity index (χ0n) is 14.3. The summed E-state index contributed by atoms with van der Waals surface area (Å²) < 4.78 is 44.9. The summed E-state index contributed by atoms with van der Waals surface area (Å²) in [7, 11) is -4.14. The molecule has 28 heavy (non-hydrogen) atoms. The Kier molecular flexibility index (Phi) is 5.58. The normalized spacial score (nSPS) is 17.6. The SMILES string of the molecule is O=C1CCN(S(=O)(=O)c2ccc(Oc3ccc(F)cc3)cc2)[C@H](C(=O)NO)N1. The average Bonchev–Trinajstić information content (AvgIpc) is 2.69. The molecule has 0 bridgehead atoms. The van der Waals surface area contributed by atoms with E-state index in [-0.39, 0.29) is 17.9 Å². The molecule has 2 aromatic carbocycles. The topological polar surface area (TPSA) is 125 Å². The molecule has 0 radical (unpaired) electrons. The van der Waals surface area contributed by atoms with Crippen molar-refractivity contribution in [1.29, 1.82) is 0 Å². The molecule has 9 nitrogen and oxygen atoms in total. The van der Waals surface area contributed by atoms with Gasteiger partial charge in [0.1, 0.15) is 17.3 Å². The van der Waals surface area contributed by atoms with Crippen LogP contribution in [-0.2, 0) is 19.6 Å². The Morgan fingerprint density at radius 3 is 2.29 bits per heavy atom. The molecule has 1 fully saturated rings. The van der Waals surface area contributed by atoms with Crippen LogP contribution in [0.1, 0.15) is 6.42 Å². The van der Waals surface area contributed by atoms with E-state index in [9.17, 15) is 22.4 Å². The molecule has 2 aromatic rings. The number of hydrogen-bond donors (Lipinski definition) is 3. The van der Waals surface area contributed by atoms with Gasteiger partial charge in [-0.1, -0.05) is 0 Å². The fourth-order valence-corrected chi connectivity index (χ4v) is 4.12. The van der Waals surface area contributed by atoms with Crippen LogP contribution in [-0.4, -0.2) is 42.5 Å². The molecule has 2 amide bonds. The first kappa shape index (κ1) is 19.7. The molecule has 1 atom stereocenters. The van der Waals surface area contributed by atoms with E-state index in [0.29, 0.717) is 11.5 Å². The molecule has 1 saturated heterocycles. The molecule has 1 aliphatic heterocycles. The third-order valence-electron chi connectivity index (χ3n) is 3.98. The summed E-state index contributed by atoms with van der Waals surface area (Å²) >= 11 is 0. The lowest BCUT2D eigenvalue weighted by molar-refractivity contribution is -0.140. The van der Waals surface area contributed by atoms with Crippen LogP contribution in [0.2, 0.25) is 0 Å². The Labute approximate surface area is 159 Å². The highest BCUT2D eigenvalue weighted by molar-refractivity contribution is 7.89. The van der Waals surface area contributed by atoms with E-state index in [4.69, 9.17) is 9.94 Å². The number of benzene rings is 2. The summed E-state index contributed by atoms with van der Waals surface area (Å²) in [4.78, 5) is 23.1. The number of carbonyl (C=O) groups excluding carboxylic acids is 2. The van der Waals surface area contributed by atoms with E-state index in [1.807, 2.05) is 0 Å². The van der Waals surface area contributed by atoms with Crippen LogP contribution in [0, 0.1) is 5.82 Å². The Balaban J connectivity index is 1.82. The third kappa shape index (κ3) is 4.11. The molecule has 1 heterocycles. The molecule has 11 heteroatoms. The molecular formula is C17H16FN3O6S. The largest absolute Gasteiger partial charge is 0.457 e. The molecule has 0 aromatic heterocycles. The maximum absolute atomic E-state index is 12.9. The summed E-state index contributed by atoms with van der Waals surface area (Å²) in [6.45, 7) is -0.222. The molecule has 0 spiro atoms. The van der Waals surface area contributed by atoms with Crippen molar-refractivity contribution in [3.63, 3.8) is 0 Å². The standard InChI is InChI=1S/C17H16FN3O6S/c18-11-1-3-12(4-2-11)27-13-5-7-14(8-6-13)28(25,26)21-10-9-15(22)19-16(21)17(23)20-24/h1-8,16,24H,9-10H2,(H,19,22)(H,20,23)/t16-/m1/s1. The number of nitrogens with one attached hydrogen (secondary N) is 2. The summed E-state index contributed by atoms with van der Waals surface area (Å²) in [5.74, 6) is -1.31. The minimum Gasteiger partial charge on any atom is -0.457 e. The molecule has 1 aliphatic rings. The number of nitrogens with zero attached hydrogens (tertiary/aromatic N) is 1. The van der Waals surface area contributed by atoms with Gasteiger partial charge in [0.05, 0.1) is 4.90 Å². The maximum atomic E-state index is 12.9. The van der Waals surface area contributed by atoms with Crippen molar-refractivity contribution in [3.05, 3.63) is 54.3 Å². The Bertz CT molecular complexity index is 979. The first-order valence-electron chi connectivity index (χ1n) is 8.10. The van der Waals surface area contributed by atoms with E-state index in [2.05, 4.69) is 5.32 Å². The Hall–Kier alpha value is -3.02. The molecule has 0 saturated carbocycles. The summed E-state index contributed by atoms with van der Waals surface area (Å²) in [5.41, 5.74) is 1.34. The zero-order valence-corrected chi connectivity index (χ0v) is 15.1. The van der Waals surface area contributed by atoms with Crippen molar-refractivity contribution < 1.29 is 32.3 Å². The number of halogens is 1. The van der Waals surface area contributed by atoms with E-state index in [0.717, 1.165) is 4.31 Å². The highest BCUT2D eigenvalue weighted by atomic mass is 32.2. The van der Waals surface area contributed by atoms with Crippen molar-refractivity contribution in [2.24, 2.45) is 0 Å². The van der Waals surface area contributed by atoms with Gasteiger partial charge in [-0.05, 0) is 48.5 Å². The number of hydroxylamine groups is 1. The molecular weight excluding hydrogens is 393 g/mol. The molecule has 3 N–H and O–H groups in total. The van der Waals surface area contributed by atoms with Crippen molar-refractivity contribution in [1.82, 2.24) is 15.1 Å². The highest BCUT2D eigenvalue weighted by Crippen LogP contribution is 2.26. The summed E-state index contributed by atoms with van der Waals surface area (Å²) in [5, 5.41) is 11.0. The van der Waals surface area contributed by atoms with Crippen LogP contribution in [0.4, 0.5) is 4.39 Å². The van der Waals surface area contributed by atoms with Crippen molar-refractivity contribution in [2.75, 3.05) is 6.54 Å². The van der Waals surface area contributed by atoms with Gasteiger partial charge in [-0.25, -0.2) is 18.3 Å². The van der Waals surface area contributed by atoms with Crippen LogP contribution in [0.3, 0.4) is 0 Å². The van der Waals surface area contributed by atoms with Gasteiger partial charge in [-0.3, -0.25) is 14.8 Å². The lowest BCUT2D eigenvalue weighted by Gasteiger charge is -2.33. The molecule has 0 unspecified atom stereocenters. The number of hydrogen-bond acceptors (Lipinski definition) is 6. The second-order valence-electron chi connectivity index (χ2n) is 5.84. The predicted octanol–water partition coefficient (Wildman–Crippen LogP) is 0.960. The summed E-state index contributed by atoms with van der Waals surface area (Å²) in [6, 6.07) is 10.7. The molecule has 0 aliphatic carbocycles. The smallest absolute Gasteiger partial charge is 0.282 e. The number of ether oxygens (including phenoxy) is 1. The van der Waals surface area contributed by atoms with E-state index >= 15 is 0 Å². The monoisotopic (exact) mass is 409 g/mol. The fourth-order valence-electron chi connectivity index (χ4n) is 2.61. The Morgan fingerprint density at radius 1 is 1.14 bits per heavy atom. The van der Waals surface area contributed by atoms with Gasteiger partial charge < -0.3 is 10.1 Å². The number of rotatable bonds is 5. The predicted molar refractivity (Wildman–Crippen MR) is 93.3 cm³/mol. The molecule has 148 valence electrons. The number of amides is 2. The number of carbonyl (C=O) groups is 2. The highest BCUT2D eigenvalue weighted by Gasteiger charge is 2.40. The first-order valence-corrected chi connectivity index (χ1v) is 9.54. The number of sulfonamides is 1.